The molecule has 2 N–H and O–H groups in total. The number of carbonyl (C=O) groups excluding carboxylic acids is 1. The number of aromatic hydroxyl groups is 1. The first-order valence-electron chi connectivity index (χ1n) is 12.9. The number of quaternary nitrogens is 1. The van der Waals surface area contributed by atoms with E-state index in [-0.39, 0.29) is 11.7 Å². The Labute approximate surface area is 211 Å². The van der Waals surface area contributed by atoms with Crippen molar-refractivity contribution in [3.8, 4) is 5.75 Å². The Kier molecular flexibility index (Phi) is 9.55. The second-order valence-corrected chi connectivity index (χ2v) is 10.1. The Hall–Kier alpha value is -3.05. The fraction of sp³-hybridized carbons (Fsp3) is 0.433. The molecule has 5 nitrogen and oxygen atoms in total. The molecule has 3 rings (SSSR count). The van der Waals surface area contributed by atoms with Crippen LogP contribution in [0.15, 0.2) is 66.7 Å². The normalized spacial score (nSPS) is 13.1. The van der Waals surface area contributed by atoms with Crippen molar-refractivity contribution in [1.82, 2.24) is 5.32 Å². The fourth-order valence-corrected chi connectivity index (χ4v) is 4.69. The van der Waals surface area contributed by atoms with Gasteiger partial charge in [0.15, 0.2) is 0 Å². The summed E-state index contributed by atoms with van der Waals surface area (Å²) in [5.74, 6) is -0.184. The van der Waals surface area contributed by atoms with E-state index in [0.29, 0.717) is 18.2 Å². The van der Waals surface area contributed by atoms with Crippen molar-refractivity contribution in [3.05, 3.63) is 72.3 Å². The van der Waals surface area contributed by atoms with Crippen LogP contribution in [0.5, 0.6) is 5.75 Å². The molecular formula is C30H42N3O2+. The summed E-state index contributed by atoms with van der Waals surface area (Å²) in [7, 11) is 4.53. The van der Waals surface area contributed by atoms with Gasteiger partial charge in [-0.2, -0.15) is 0 Å². The van der Waals surface area contributed by atoms with E-state index in [1.807, 2.05) is 0 Å². The van der Waals surface area contributed by atoms with Gasteiger partial charge in [0, 0.05) is 37.6 Å². The van der Waals surface area contributed by atoms with Crippen molar-refractivity contribution < 1.29 is 14.4 Å². The molecule has 0 aliphatic carbocycles. The SMILES string of the molecule is CC(C)[N+](C)(CCCCCN(C)c1cccc2ccccc12)CCCNC(=O)c1ccccc1O. The fourth-order valence-electron chi connectivity index (χ4n) is 4.69. The van der Waals surface area contributed by atoms with Crippen molar-refractivity contribution in [2.45, 2.75) is 45.6 Å². The van der Waals surface area contributed by atoms with E-state index in [2.05, 4.69) is 80.6 Å². The molecule has 0 aromatic heterocycles. The summed E-state index contributed by atoms with van der Waals surface area (Å²) in [6, 6.07) is 22.3. The zero-order valence-electron chi connectivity index (χ0n) is 21.8. The first-order chi connectivity index (χ1) is 16.8. The van der Waals surface area contributed by atoms with Gasteiger partial charge in [-0.1, -0.05) is 48.5 Å². The Bertz CT molecular complexity index is 1090. The van der Waals surface area contributed by atoms with E-state index < -0.39 is 0 Å². The van der Waals surface area contributed by atoms with Crippen LogP contribution >= 0.6 is 0 Å². The monoisotopic (exact) mass is 476 g/mol. The van der Waals surface area contributed by atoms with Gasteiger partial charge in [-0.25, -0.2) is 0 Å². The number of para-hydroxylation sites is 1. The molecular weight excluding hydrogens is 434 g/mol. The number of phenolic OH excluding ortho intramolecular Hbond substituents is 1. The lowest BCUT2D eigenvalue weighted by Gasteiger charge is -2.39. The van der Waals surface area contributed by atoms with Gasteiger partial charge in [-0.05, 0) is 56.7 Å². The lowest BCUT2D eigenvalue weighted by Crippen LogP contribution is -2.51. The molecule has 0 fully saturated rings. The number of fused-ring (bicyclic) bond motifs is 1. The second-order valence-electron chi connectivity index (χ2n) is 10.1. The first kappa shape index (κ1) is 26.6. The number of carbonyl (C=O) groups is 1. The third-order valence-electron chi connectivity index (χ3n) is 7.37. The summed E-state index contributed by atoms with van der Waals surface area (Å²) in [6.45, 7) is 8.41. The molecule has 0 aliphatic heterocycles. The van der Waals surface area contributed by atoms with Gasteiger partial charge < -0.3 is 19.8 Å². The van der Waals surface area contributed by atoms with Crippen molar-refractivity contribution in [1.29, 1.82) is 0 Å². The molecule has 1 amide bonds. The Balaban J connectivity index is 1.40. The zero-order chi connectivity index (χ0) is 25.3. The molecule has 0 spiro atoms. The Morgan fingerprint density at radius 1 is 0.914 bits per heavy atom. The number of nitrogens with zero attached hydrogens (tertiary/aromatic N) is 2. The number of nitrogens with one attached hydrogen (secondary N) is 1. The van der Waals surface area contributed by atoms with Crippen LogP contribution in [0.25, 0.3) is 10.8 Å². The number of hydrogen-bond donors (Lipinski definition) is 2. The van der Waals surface area contributed by atoms with Gasteiger partial charge in [0.05, 0.1) is 31.7 Å². The van der Waals surface area contributed by atoms with Gasteiger partial charge in [0.25, 0.3) is 5.91 Å². The Morgan fingerprint density at radius 3 is 2.37 bits per heavy atom. The largest absolute Gasteiger partial charge is 0.507 e. The van der Waals surface area contributed by atoms with E-state index in [1.165, 1.54) is 35.7 Å². The second kappa shape index (κ2) is 12.6. The first-order valence-corrected chi connectivity index (χ1v) is 12.9. The van der Waals surface area contributed by atoms with Crippen LogP contribution in [0.1, 0.15) is 49.9 Å². The molecule has 35 heavy (non-hydrogen) atoms. The third kappa shape index (κ3) is 7.22. The average Bonchev–Trinajstić information content (AvgIpc) is 2.86. The molecule has 3 aromatic carbocycles. The molecule has 1 unspecified atom stereocenters. The zero-order valence-corrected chi connectivity index (χ0v) is 21.8. The molecule has 188 valence electrons. The lowest BCUT2D eigenvalue weighted by atomic mass is 10.1. The van der Waals surface area contributed by atoms with Crippen LogP contribution in [-0.4, -0.2) is 61.8 Å². The number of amides is 1. The quantitative estimate of drug-likeness (QED) is 0.241. The van der Waals surface area contributed by atoms with Crippen LogP contribution in [-0.2, 0) is 0 Å². The molecule has 0 radical (unpaired) electrons. The average molecular weight is 477 g/mol. The minimum atomic E-state index is -0.211. The number of benzene rings is 3. The molecule has 5 heteroatoms. The van der Waals surface area contributed by atoms with Gasteiger partial charge in [-0.15, -0.1) is 0 Å². The highest BCUT2D eigenvalue weighted by Crippen LogP contribution is 2.26. The molecule has 3 aromatic rings. The molecule has 0 saturated heterocycles. The predicted molar refractivity (Wildman–Crippen MR) is 147 cm³/mol. The van der Waals surface area contributed by atoms with Gasteiger partial charge in [0.1, 0.15) is 5.75 Å². The molecule has 0 saturated carbocycles. The van der Waals surface area contributed by atoms with Crippen molar-refractivity contribution in [2.24, 2.45) is 0 Å². The lowest BCUT2D eigenvalue weighted by molar-refractivity contribution is -0.930. The maximum atomic E-state index is 12.3. The topological polar surface area (TPSA) is 52.6 Å². The van der Waals surface area contributed by atoms with Gasteiger partial charge >= 0.3 is 0 Å². The molecule has 0 heterocycles. The van der Waals surface area contributed by atoms with E-state index in [1.54, 1.807) is 24.3 Å². The molecule has 0 bridgehead atoms. The summed E-state index contributed by atoms with van der Waals surface area (Å²) in [6.07, 6.45) is 4.49. The van der Waals surface area contributed by atoms with Crippen LogP contribution in [0.3, 0.4) is 0 Å². The van der Waals surface area contributed by atoms with E-state index in [9.17, 15) is 9.90 Å². The van der Waals surface area contributed by atoms with Crippen molar-refractivity contribution in [2.75, 3.05) is 45.2 Å². The summed E-state index contributed by atoms with van der Waals surface area (Å²) in [4.78, 5) is 14.7. The molecule has 1 atom stereocenters. The highest BCUT2D eigenvalue weighted by Gasteiger charge is 2.25. The maximum Gasteiger partial charge on any atom is 0.255 e. The summed E-state index contributed by atoms with van der Waals surface area (Å²) in [5.41, 5.74) is 1.64. The van der Waals surface area contributed by atoms with Crippen LogP contribution < -0.4 is 10.2 Å². The standard InChI is InChI=1S/C30H41N3O2/c1-24(2)33(4,23-13-20-31-30(35)27-17-8-9-19-29(27)34)22-11-5-10-21-32(3)28-18-12-15-25-14-6-7-16-26(25)28/h6-9,12,14-19,24H,5,10-11,13,20-23H2,1-4H3,(H-,31,34,35)/p+1. The van der Waals surface area contributed by atoms with Gasteiger partial charge in [-0.3, -0.25) is 4.79 Å². The van der Waals surface area contributed by atoms with Crippen LogP contribution in [0.4, 0.5) is 5.69 Å². The molecule has 0 aliphatic rings. The number of phenols is 1. The van der Waals surface area contributed by atoms with Crippen molar-refractivity contribution >= 4 is 22.4 Å². The maximum absolute atomic E-state index is 12.3. The number of hydrogen-bond acceptors (Lipinski definition) is 3. The van der Waals surface area contributed by atoms with Crippen LogP contribution in [0.2, 0.25) is 0 Å². The smallest absolute Gasteiger partial charge is 0.255 e. The number of anilines is 1. The van der Waals surface area contributed by atoms with Crippen LogP contribution in [0, 0.1) is 0 Å². The summed E-state index contributed by atoms with van der Waals surface area (Å²) in [5, 5.41) is 15.4. The highest BCUT2D eigenvalue weighted by atomic mass is 16.3. The Morgan fingerprint density at radius 2 is 1.60 bits per heavy atom. The van der Waals surface area contributed by atoms with E-state index in [0.717, 1.165) is 30.5 Å². The number of unbranched alkanes of at least 4 members (excludes halogenated alkanes) is 2. The minimum Gasteiger partial charge on any atom is -0.507 e. The summed E-state index contributed by atoms with van der Waals surface area (Å²) >= 11 is 0. The number of rotatable bonds is 13. The summed E-state index contributed by atoms with van der Waals surface area (Å²) < 4.78 is 1.01. The third-order valence-corrected chi connectivity index (χ3v) is 7.37. The van der Waals surface area contributed by atoms with E-state index >= 15 is 0 Å². The van der Waals surface area contributed by atoms with E-state index in [4.69, 9.17) is 0 Å². The van der Waals surface area contributed by atoms with Gasteiger partial charge in [0.2, 0.25) is 0 Å². The highest BCUT2D eigenvalue weighted by molar-refractivity contribution is 5.96. The van der Waals surface area contributed by atoms with Crippen molar-refractivity contribution in [3.63, 3.8) is 0 Å². The predicted octanol–water partition coefficient (Wildman–Crippen LogP) is 5.83. The minimum absolute atomic E-state index is 0.0268.